The molecule has 1 aliphatic heterocycles. The van der Waals surface area contributed by atoms with Crippen LogP contribution in [0.2, 0.25) is 0 Å². The highest BCUT2D eigenvalue weighted by Crippen LogP contribution is 2.32. The summed E-state index contributed by atoms with van der Waals surface area (Å²) in [5.74, 6) is 0.247. The van der Waals surface area contributed by atoms with Crippen molar-refractivity contribution in [1.29, 1.82) is 0 Å². The lowest BCUT2D eigenvalue weighted by Crippen LogP contribution is -2.46. The molecule has 6 heteroatoms. The molecule has 2 heterocycles. The standard InChI is InChI=1S/C20H24N4O2/c1-22(13-15-5-2-3-6-18(15)24-12-4-11-21-24)20(26)16-7-10-19(25)23(14-16)17-8-9-17/h2-6,11-12,16-17H,7-10,13-14H2,1H3. The predicted molar refractivity (Wildman–Crippen MR) is 97.5 cm³/mol. The molecule has 2 aliphatic rings. The van der Waals surface area contributed by atoms with E-state index in [2.05, 4.69) is 5.10 Å². The molecule has 1 aromatic heterocycles. The van der Waals surface area contributed by atoms with Crippen LogP contribution in [0.5, 0.6) is 0 Å². The molecule has 6 nitrogen and oxygen atoms in total. The van der Waals surface area contributed by atoms with Crippen LogP contribution in [0.4, 0.5) is 0 Å². The van der Waals surface area contributed by atoms with Crippen LogP contribution >= 0.6 is 0 Å². The molecule has 4 rings (SSSR count). The Hall–Kier alpha value is -2.63. The van der Waals surface area contributed by atoms with Gasteiger partial charge in [0.05, 0.1) is 11.6 Å². The van der Waals surface area contributed by atoms with Gasteiger partial charge in [0, 0.05) is 45.0 Å². The molecule has 1 aromatic carbocycles. The van der Waals surface area contributed by atoms with E-state index in [0.29, 0.717) is 32.0 Å². The zero-order chi connectivity index (χ0) is 18.1. The predicted octanol–water partition coefficient (Wildman–Crippen LogP) is 2.23. The highest BCUT2D eigenvalue weighted by molar-refractivity contribution is 5.84. The molecular formula is C20H24N4O2. The summed E-state index contributed by atoms with van der Waals surface area (Å²) in [7, 11) is 1.85. The lowest BCUT2D eigenvalue weighted by molar-refractivity contribution is -0.143. The third kappa shape index (κ3) is 3.36. The van der Waals surface area contributed by atoms with Gasteiger partial charge >= 0.3 is 0 Å². The number of hydrogen-bond acceptors (Lipinski definition) is 3. The van der Waals surface area contributed by atoms with E-state index in [1.54, 1.807) is 11.1 Å². The summed E-state index contributed by atoms with van der Waals surface area (Å²) in [6.45, 7) is 1.11. The number of carbonyl (C=O) groups excluding carboxylic acids is 2. The molecule has 2 aromatic rings. The molecule has 0 spiro atoms. The Labute approximate surface area is 153 Å². The Balaban J connectivity index is 1.46. The van der Waals surface area contributed by atoms with Crippen molar-refractivity contribution in [3.8, 4) is 5.69 Å². The van der Waals surface area contributed by atoms with Crippen molar-refractivity contribution in [2.45, 2.75) is 38.3 Å². The number of para-hydroxylation sites is 1. The summed E-state index contributed by atoms with van der Waals surface area (Å²) in [6, 6.07) is 10.3. The van der Waals surface area contributed by atoms with E-state index in [1.165, 1.54) is 0 Å². The molecule has 1 aliphatic carbocycles. The number of nitrogens with zero attached hydrogens (tertiary/aromatic N) is 4. The van der Waals surface area contributed by atoms with Crippen LogP contribution in [0.1, 0.15) is 31.2 Å². The first-order valence-corrected chi connectivity index (χ1v) is 9.26. The summed E-state index contributed by atoms with van der Waals surface area (Å²) in [6.07, 6.45) is 6.97. The average Bonchev–Trinajstić information content (AvgIpc) is 3.35. The molecule has 1 unspecified atom stereocenters. The van der Waals surface area contributed by atoms with Crippen molar-refractivity contribution in [3.63, 3.8) is 0 Å². The number of carbonyl (C=O) groups is 2. The van der Waals surface area contributed by atoms with Gasteiger partial charge in [0.1, 0.15) is 0 Å². The summed E-state index contributed by atoms with van der Waals surface area (Å²) in [5, 5.41) is 4.30. The van der Waals surface area contributed by atoms with Crippen molar-refractivity contribution in [3.05, 3.63) is 48.3 Å². The summed E-state index contributed by atoms with van der Waals surface area (Å²) >= 11 is 0. The molecule has 2 fully saturated rings. The largest absolute Gasteiger partial charge is 0.341 e. The van der Waals surface area contributed by atoms with E-state index < -0.39 is 0 Å². The molecule has 136 valence electrons. The summed E-state index contributed by atoms with van der Waals surface area (Å²) < 4.78 is 1.82. The highest BCUT2D eigenvalue weighted by Gasteiger charge is 2.39. The van der Waals surface area contributed by atoms with E-state index in [0.717, 1.165) is 24.1 Å². The second-order valence-corrected chi connectivity index (χ2v) is 7.29. The minimum Gasteiger partial charge on any atom is -0.341 e. The number of amides is 2. The molecule has 26 heavy (non-hydrogen) atoms. The number of hydrogen-bond donors (Lipinski definition) is 0. The molecule has 0 bridgehead atoms. The van der Waals surface area contributed by atoms with Gasteiger partial charge in [0.2, 0.25) is 11.8 Å². The van der Waals surface area contributed by atoms with Gasteiger partial charge in [0.15, 0.2) is 0 Å². The lowest BCUT2D eigenvalue weighted by atomic mass is 9.95. The first-order chi connectivity index (χ1) is 12.6. The quantitative estimate of drug-likeness (QED) is 0.829. The fraction of sp³-hybridized carbons (Fsp3) is 0.450. The fourth-order valence-corrected chi connectivity index (χ4v) is 3.74. The molecule has 1 saturated heterocycles. The van der Waals surface area contributed by atoms with Gasteiger partial charge in [0.25, 0.3) is 0 Å². The number of aromatic nitrogens is 2. The van der Waals surface area contributed by atoms with Crippen molar-refractivity contribution in [1.82, 2.24) is 19.6 Å². The van der Waals surface area contributed by atoms with Crippen LogP contribution in [0.25, 0.3) is 5.69 Å². The third-order valence-corrected chi connectivity index (χ3v) is 5.31. The lowest BCUT2D eigenvalue weighted by Gasteiger charge is -2.34. The van der Waals surface area contributed by atoms with Crippen LogP contribution in [-0.2, 0) is 16.1 Å². The minimum absolute atomic E-state index is 0.0878. The third-order valence-electron chi connectivity index (χ3n) is 5.31. The number of piperidine rings is 1. The molecule has 2 amide bonds. The van der Waals surface area contributed by atoms with Gasteiger partial charge in [-0.1, -0.05) is 18.2 Å². The van der Waals surface area contributed by atoms with E-state index in [4.69, 9.17) is 0 Å². The van der Waals surface area contributed by atoms with Crippen molar-refractivity contribution in [2.75, 3.05) is 13.6 Å². The second kappa shape index (κ2) is 6.94. The Morgan fingerprint density at radius 1 is 1.23 bits per heavy atom. The van der Waals surface area contributed by atoms with Gasteiger partial charge < -0.3 is 9.80 Å². The van der Waals surface area contributed by atoms with Crippen molar-refractivity contribution < 1.29 is 9.59 Å². The van der Waals surface area contributed by atoms with Gasteiger partial charge in [-0.05, 0) is 37.0 Å². The Morgan fingerprint density at radius 3 is 2.77 bits per heavy atom. The van der Waals surface area contributed by atoms with Crippen LogP contribution in [0.15, 0.2) is 42.7 Å². The normalized spacial score (nSPS) is 20.3. The maximum Gasteiger partial charge on any atom is 0.227 e. The highest BCUT2D eigenvalue weighted by atomic mass is 16.2. The zero-order valence-electron chi connectivity index (χ0n) is 15.0. The van der Waals surface area contributed by atoms with Gasteiger partial charge in [-0.2, -0.15) is 5.10 Å². The maximum absolute atomic E-state index is 13.0. The number of rotatable bonds is 5. The SMILES string of the molecule is CN(Cc1ccccc1-n1cccn1)C(=O)C1CCC(=O)N(C2CC2)C1. The molecular weight excluding hydrogens is 328 g/mol. The molecule has 1 atom stereocenters. The molecule has 0 N–H and O–H groups in total. The second-order valence-electron chi connectivity index (χ2n) is 7.29. The van der Waals surface area contributed by atoms with E-state index >= 15 is 0 Å². The molecule has 1 saturated carbocycles. The van der Waals surface area contributed by atoms with Gasteiger partial charge in [-0.25, -0.2) is 4.68 Å². The minimum atomic E-state index is -0.0878. The maximum atomic E-state index is 13.0. The zero-order valence-corrected chi connectivity index (χ0v) is 15.0. The van der Waals surface area contributed by atoms with Gasteiger partial charge in [-0.3, -0.25) is 9.59 Å². The van der Waals surface area contributed by atoms with E-state index in [-0.39, 0.29) is 17.7 Å². The number of likely N-dealkylation sites (tertiary alicyclic amines) is 1. The number of benzene rings is 1. The molecule has 0 radical (unpaired) electrons. The van der Waals surface area contributed by atoms with E-state index in [1.807, 2.05) is 53.2 Å². The summed E-state index contributed by atoms with van der Waals surface area (Å²) in [4.78, 5) is 28.7. The van der Waals surface area contributed by atoms with Crippen molar-refractivity contribution in [2.24, 2.45) is 5.92 Å². The van der Waals surface area contributed by atoms with Gasteiger partial charge in [-0.15, -0.1) is 0 Å². The summed E-state index contributed by atoms with van der Waals surface area (Å²) in [5.41, 5.74) is 2.04. The van der Waals surface area contributed by atoms with Crippen LogP contribution in [-0.4, -0.2) is 51.0 Å². The smallest absolute Gasteiger partial charge is 0.227 e. The Kier molecular flexibility index (Phi) is 4.49. The van der Waals surface area contributed by atoms with E-state index in [9.17, 15) is 9.59 Å². The fourth-order valence-electron chi connectivity index (χ4n) is 3.74. The van der Waals surface area contributed by atoms with Crippen molar-refractivity contribution >= 4 is 11.8 Å². The van der Waals surface area contributed by atoms with Crippen LogP contribution in [0, 0.1) is 5.92 Å². The first kappa shape index (κ1) is 16.8. The first-order valence-electron chi connectivity index (χ1n) is 9.26. The average molecular weight is 352 g/mol. The van der Waals surface area contributed by atoms with Crippen LogP contribution in [0.3, 0.4) is 0 Å². The topological polar surface area (TPSA) is 58.4 Å². The Morgan fingerprint density at radius 2 is 2.04 bits per heavy atom. The Bertz CT molecular complexity index is 798. The monoisotopic (exact) mass is 352 g/mol. The van der Waals surface area contributed by atoms with Crippen LogP contribution < -0.4 is 0 Å².